The van der Waals surface area contributed by atoms with Crippen molar-refractivity contribution in [2.45, 2.75) is 65.1 Å². The summed E-state index contributed by atoms with van der Waals surface area (Å²) < 4.78 is 0. The van der Waals surface area contributed by atoms with Crippen molar-refractivity contribution in [2.24, 2.45) is 11.7 Å². The molecule has 0 radical (unpaired) electrons. The maximum atomic E-state index is 12.1. The molecule has 106 valence electrons. The van der Waals surface area contributed by atoms with Gasteiger partial charge in [-0.15, -0.1) is 0 Å². The fourth-order valence-electron chi connectivity index (χ4n) is 2.82. The Kier molecular flexibility index (Phi) is 6.09. The molecule has 0 spiro atoms. The molecule has 1 amide bonds. The van der Waals surface area contributed by atoms with Crippen molar-refractivity contribution in [3.63, 3.8) is 0 Å². The van der Waals surface area contributed by atoms with Gasteiger partial charge in [-0.1, -0.05) is 13.3 Å². The van der Waals surface area contributed by atoms with Crippen molar-refractivity contribution >= 4 is 5.91 Å². The van der Waals surface area contributed by atoms with Crippen molar-refractivity contribution in [3.8, 4) is 0 Å². The third-order valence-corrected chi connectivity index (χ3v) is 4.03. The first-order valence-corrected chi connectivity index (χ1v) is 7.25. The zero-order valence-corrected chi connectivity index (χ0v) is 12.3. The summed E-state index contributed by atoms with van der Waals surface area (Å²) in [4.78, 5) is 14.4. The Bertz CT molecular complexity index is 268. The zero-order valence-electron chi connectivity index (χ0n) is 12.3. The Balaban J connectivity index is 2.61. The molecule has 3 unspecified atom stereocenters. The number of carbonyl (C=O) groups is 1. The highest BCUT2D eigenvalue weighted by Gasteiger charge is 2.32. The summed E-state index contributed by atoms with van der Waals surface area (Å²) in [6.07, 6.45) is 3.54. The SMILES string of the molecule is CCC1CCN(C(C)C(=O)NC(C)C)C(CN)C1. The number of hydrogen-bond acceptors (Lipinski definition) is 3. The molecule has 0 aromatic heterocycles. The fraction of sp³-hybridized carbons (Fsp3) is 0.929. The van der Waals surface area contributed by atoms with Crippen LogP contribution in [-0.4, -0.2) is 42.0 Å². The van der Waals surface area contributed by atoms with Gasteiger partial charge in [-0.25, -0.2) is 0 Å². The largest absolute Gasteiger partial charge is 0.353 e. The number of nitrogens with two attached hydrogens (primary N) is 1. The maximum absolute atomic E-state index is 12.1. The molecular weight excluding hydrogens is 226 g/mol. The second-order valence-electron chi connectivity index (χ2n) is 5.77. The Morgan fingerprint density at radius 3 is 2.61 bits per heavy atom. The third kappa shape index (κ3) is 3.95. The summed E-state index contributed by atoms with van der Waals surface area (Å²) in [6.45, 7) is 9.86. The molecule has 0 bridgehead atoms. The van der Waals surface area contributed by atoms with Crippen LogP contribution in [0.2, 0.25) is 0 Å². The Hall–Kier alpha value is -0.610. The van der Waals surface area contributed by atoms with Crippen LogP contribution in [0.25, 0.3) is 0 Å². The Morgan fingerprint density at radius 2 is 2.11 bits per heavy atom. The minimum Gasteiger partial charge on any atom is -0.353 e. The summed E-state index contributed by atoms with van der Waals surface area (Å²) in [7, 11) is 0. The molecule has 1 aliphatic heterocycles. The molecular formula is C14H29N3O. The lowest BCUT2D eigenvalue weighted by Gasteiger charge is -2.41. The minimum absolute atomic E-state index is 0.0706. The number of nitrogens with zero attached hydrogens (tertiary/aromatic N) is 1. The van der Waals surface area contributed by atoms with E-state index in [0.717, 1.165) is 18.9 Å². The zero-order chi connectivity index (χ0) is 13.7. The van der Waals surface area contributed by atoms with Gasteiger partial charge in [0.05, 0.1) is 6.04 Å². The quantitative estimate of drug-likeness (QED) is 0.779. The molecule has 1 saturated heterocycles. The number of nitrogens with one attached hydrogen (secondary N) is 1. The van der Waals surface area contributed by atoms with E-state index in [0.29, 0.717) is 12.6 Å². The molecule has 0 saturated carbocycles. The molecule has 1 fully saturated rings. The smallest absolute Gasteiger partial charge is 0.237 e. The average molecular weight is 255 g/mol. The van der Waals surface area contributed by atoms with Crippen LogP contribution in [0.1, 0.15) is 47.0 Å². The van der Waals surface area contributed by atoms with Gasteiger partial charge in [0, 0.05) is 18.6 Å². The first-order valence-electron chi connectivity index (χ1n) is 7.25. The van der Waals surface area contributed by atoms with E-state index in [-0.39, 0.29) is 18.0 Å². The van der Waals surface area contributed by atoms with E-state index in [1.54, 1.807) is 0 Å². The number of likely N-dealkylation sites (tertiary alicyclic amines) is 1. The van der Waals surface area contributed by atoms with Crippen molar-refractivity contribution < 1.29 is 4.79 Å². The summed E-state index contributed by atoms with van der Waals surface area (Å²) in [5.41, 5.74) is 5.88. The summed E-state index contributed by atoms with van der Waals surface area (Å²) in [5, 5.41) is 2.99. The highest BCUT2D eigenvalue weighted by Crippen LogP contribution is 2.26. The van der Waals surface area contributed by atoms with E-state index in [1.165, 1.54) is 12.8 Å². The molecule has 4 heteroatoms. The van der Waals surface area contributed by atoms with E-state index in [2.05, 4.69) is 17.1 Å². The molecule has 3 atom stereocenters. The van der Waals surface area contributed by atoms with Gasteiger partial charge in [0.2, 0.25) is 5.91 Å². The fourth-order valence-corrected chi connectivity index (χ4v) is 2.82. The van der Waals surface area contributed by atoms with Gasteiger partial charge in [0.25, 0.3) is 0 Å². The first kappa shape index (κ1) is 15.4. The topological polar surface area (TPSA) is 58.4 Å². The number of rotatable bonds is 5. The van der Waals surface area contributed by atoms with Crippen molar-refractivity contribution in [3.05, 3.63) is 0 Å². The molecule has 18 heavy (non-hydrogen) atoms. The Labute approximate surface area is 111 Å². The summed E-state index contributed by atoms with van der Waals surface area (Å²) >= 11 is 0. The van der Waals surface area contributed by atoms with Gasteiger partial charge < -0.3 is 11.1 Å². The van der Waals surface area contributed by atoms with E-state index >= 15 is 0 Å². The molecule has 0 aromatic carbocycles. The van der Waals surface area contributed by atoms with Crippen molar-refractivity contribution in [2.75, 3.05) is 13.1 Å². The number of carbonyl (C=O) groups excluding carboxylic acids is 1. The number of piperidine rings is 1. The Morgan fingerprint density at radius 1 is 1.44 bits per heavy atom. The van der Waals surface area contributed by atoms with Crippen molar-refractivity contribution in [1.29, 1.82) is 0 Å². The van der Waals surface area contributed by atoms with Gasteiger partial charge in [-0.3, -0.25) is 9.69 Å². The second kappa shape index (κ2) is 7.10. The van der Waals surface area contributed by atoms with Gasteiger partial charge in [0.15, 0.2) is 0 Å². The van der Waals surface area contributed by atoms with Gasteiger partial charge >= 0.3 is 0 Å². The lowest BCUT2D eigenvalue weighted by molar-refractivity contribution is -0.128. The molecule has 0 aromatic rings. The second-order valence-corrected chi connectivity index (χ2v) is 5.77. The maximum Gasteiger partial charge on any atom is 0.237 e. The van der Waals surface area contributed by atoms with E-state index in [4.69, 9.17) is 5.73 Å². The summed E-state index contributed by atoms with van der Waals surface area (Å²) in [5.74, 6) is 0.897. The molecule has 3 N–H and O–H groups in total. The molecule has 4 nitrogen and oxygen atoms in total. The molecule has 1 rings (SSSR count). The van der Waals surface area contributed by atoms with Crippen LogP contribution < -0.4 is 11.1 Å². The van der Waals surface area contributed by atoms with Crippen molar-refractivity contribution in [1.82, 2.24) is 10.2 Å². The molecule has 0 aliphatic carbocycles. The lowest BCUT2D eigenvalue weighted by Crippen LogP contribution is -2.55. The van der Waals surface area contributed by atoms with Gasteiger partial charge in [-0.2, -0.15) is 0 Å². The van der Waals surface area contributed by atoms with Crippen LogP contribution in [-0.2, 0) is 4.79 Å². The van der Waals surface area contributed by atoms with Gasteiger partial charge in [-0.05, 0) is 46.1 Å². The predicted molar refractivity (Wildman–Crippen MR) is 75.3 cm³/mol. The van der Waals surface area contributed by atoms with E-state index in [1.807, 2.05) is 20.8 Å². The molecule has 1 aliphatic rings. The standard InChI is InChI=1S/C14H29N3O/c1-5-12-6-7-17(13(8-12)9-15)11(4)14(18)16-10(2)3/h10-13H,5-9,15H2,1-4H3,(H,16,18). The van der Waals surface area contributed by atoms with Crippen LogP contribution >= 0.6 is 0 Å². The van der Waals surface area contributed by atoms with Gasteiger partial charge in [0.1, 0.15) is 0 Å². The van der Waals surface area contributed by atoms with Crippen LogP contribution in [0.4, 0.5) is 0 Å². The number of amides is 1. The number of hydrogen-bond donors (Lipinski definition) is 2. The monoisotopic (exact) mass is 255 g/mol. The molecule has 1 heterocycles. The lowest BCUT2D eigenvalue weighted by atomic mass is 9.88. The average Bonchev–Trinajstić information content (AvgIpc) is 2.36. The summed E-state index contributed by atoms with van der Waals surface area (Å²) in [6, 6.07) is 0.486. The van der Waals surface area contributed by atoms with Crippen LogP contribution in [0.5, 0.6) is 0 Å². The normalized spacial score (nSPS) is 27.2. The van der Waals surface area contributed by atoms with E-state index in [9.17, 15) is 4.79 Å². The minimum atomic E-state index is -0.0706. The predicted octanol–water partition coefficient (Wildman–Crippen LogP) is 1.35. The highest BCUT2D eigenvalue weighted by molar-refractivity contribution is 5.81. The van der Waals surface area contributed by atoms with E-state index < -0.39 is 0 Å². The highest BCUT2D eigenvalue weighted by atomic mass is 16.2. The van der Waals surface area contributed by atoms with Crippen LogP contribution in [0.3, 0.4) is 0 Å². The van der Waals surface area contributed by atoms with Crippen LogP contribution in [0.15, 0.2) is 0 Å². The van der Waals surface area contributed by atoms with Crippen LogP contribution in [0, 0.1) is 5.92 Å². The third-order valence-electron chi connectivity index (χ3n) is 4.03. The first-order chi connectivity index (χ1) is 8.49.